The molecule has 1 aromatic carbocycles. The predicted octanol–water partition coefficient (Wildman–Crippen LogP) is 4.36. The summed E-state index contributed by atoms with van der Waals surface area (Å²) in [4.78, 5) is 5.76. The van der Waals surface area contributed by atoms with Crippen LogP contribution in [0.15, 0.2) is 40.4 Å². The number of hydrogen-bond acceptors (Lipinski definition) is 3. The third kappa shape index (κ3) is 3.20. The fourth-order valence-electron chi connectivity index (χ4n) is 2.61. The lowest BCUT2D eigenvalue weighted by Gasteiger charge is -2.20. The monoisotopic (exact) mass is 363 g/mol. The molecule has 0 radical (unpaired) electrons. The molecule has 21 heavy (non-hydrogen) atoms. The maximum absolute atomic E-state index is 4.70. The fraction of sp³-hybridized carbons (Fsp3) is 0.312. The Balaban J connectivity index is 1.90. The first-order chi connectivity index (χ1) is 10.2. The van der Waals surface area contributed by atoms with E-state index in [0.29, 0.717) is 0 Å². The maximum Gasteiger partial charge on any atom is 0.193 e. The van der Waals surface area contributed by atoms with Crippen LogP contribution in [0.25, 0.3) is 4.96 Å². The van der Waals surface area contributed by atoms with Gasteiger partial charge in [0, 0.05) is 34.7 Å². The van der Waals surface area contributed by atoms with Crippen molar-refractivity contribution in [3.05, 3.63) is 57.3 Å². The van der Waals surface area contributed by atoms with Gasteiger partial charge in [0.2, 0.25) is 0 Å². The molecule has 0 aliphatic carbocycles. The fourth-order valence-corrected chi connectivity index (χ4v) is 3.71. The second kappa shape index (κ2) is 6.30. The molecule has 2 heterocycles. The molecule has 2 aromatic heterocycles. The molecule has 3 aromatic rings. The van der Waals surface area contributed by atoms with Crippen molar-refractivity contribution in [2.45, 2.75) is 26.3 Å². The summed E-state index contributed by atoms with van der Waals surface area (Å²) in [6.45, 7) is 5.25. The molecule has 0 aliphatic heterocycles. The van der Waals surface area contributed by atoms with Gasteiger partial charge in [-0.25, -0.2) is 4.98 Å². The number of hydrogen-bond donors (Lipinski definition) is 1. The molecule has 0 spiro atoms. The van der Waals surface area contributed by atoms with Crippen molar-refractivity contribution >= 4 is 32.2 Å². The van der Waals surface area contributed by atoms with E-state index in [0.717, 1.165) is 28.1 Å². The van der Waals surface area contributed by atoms with Gasteiger partial charge >= 0.3 is 0 Å². The van der Waals surface area contributed by atoms with Gasteiger partial charge in [-0.2, -0.15) is 0 Å². The smallest absolute Gasteiger partial charge is 0.193 e. The van der Waals surface area contributed by atoms with E-state index < -0.39 is 0 Å². The first kappa shape index (κ1) is 14.8. The van der Waals surface area contributed by atoms with Crippen LogP contribution in [0.1, 0.15) is 29.8 Å². The summed E-state index contributed by atoms with van der Waals surface area (Å²) in [5.74, 6) is 0. The van der Waals surface area contributed by atoms with E-state index in [4.69, 9.17) is 4.98 Å². The number of nitrogens with one attached hydrogen (secondary N) is 1. The molecule has 1 unspecified atom stereocenters. The van der Waals surface area contributed by atoms with Crippen molar-refractivity contribution < 1.29 is 0 Å². The Hall–Kier alpha value is -1.17. The van der Waals surface area contributed by atoms with E-state index in [1.807, 2.05) is 0 Å². The second-order valence-electron chi connectivity index (χ2n) is 5.14. The summed E-state index contributed by atoms with van der Waals surface area (Å²) in [5, 5.41) is 5.65. The molecule has 0 saturated heterocycles. The van der Waals surface area contributed by atoms with Crippen molar-refractivity contribution in [3.8, 4) is 0 Å². The molecule has 5 heteroatoms. The highest BCUT2D eigenvalue weighted by Crippen LogP contribution is 2.25. The van der Waals surface area contributed by atoms with Crippen molar-refractivity contribution in [3.63, 3.8) is 0 Å². The molecule has 0 bridgehead atoms. The highest BCUT2D eigenvalue weighted by molar-refractivity contribution is 9.10. The Labute approximate surface area is 137 Å². The van der Waals surface area contributed by atoms with Crippen LogP contribution in [0.4, 0.5) is 0 Å². The van der Waals surface area contributed by atoms with Crippen LogP contribution in [-0.4, -0.2) is 15.9 Å². The Morgan fingerprint density at radius 3 is 3.05 bits per heavy atom. The van der Waals surface area contributed by atoms with Crippen molar-refractivity contribution in [1.82, 2.24) is 14.7 Å². The number of benzene rings is 1. The number of halogens is 1. The summed E-state index contributed by atoms with van der Waals surface area (Å²) in [7, 11) is 0. The molecule has 0 fully saturated rings. The number of aromatic nitrogens is 2. The van der Waals surface area contributed by atoms with Gasteiger partial charge in [0.05, 0.1) is 5.69 Å². The average Bonchev–Trinajstić information content (AvgIpc) is 3.02. The van der Waals surface area contributed by atoms with Crippen LogP contribution in [0.5, 0.6) is 0 Å². The molecule has 3 rings (SSSR count). The van der Waals surface area contributed by atoms with Crippen LogP contribution >= 0.6 is 27.3 Å². The molecular formula is C16H18BrN3S. The third-order valence-corrected chi connectivity index (χ3v) is 4.89. The minimum atomic E-state index is 0.289. The average molecular weight is 364 g/mol. The summed E-state index contributed by atoms with van der Waals surface area (Å²) in [6.07, 6.45) is 5.09. The number of rotatable bonds is 5. The summed E-state index contributed by atoms with van der Waals surface area (Å²) in [5.41, 5.74) is 3.78. The first-order valence-corrected chi connectivity index (χ1v) is 8.75. The quantitative estimate of drug-likeness (QED) is 0.729. The molecule has 0 amide bonds. The van der Waals surface area contributed by atoms with Crippen molar-refractivity contribution in [2.24, 2.45) is 0 Å². The van der Waals surface area contributed by atoms with Crippen molar-refractivity contribution in [2.75, 3.05) is 6.54 Å². The van der Waals surface area contributed by atoms with E-state index in [-0.39, 0.29) is 6.04 Å². The zero-order valence-corrected chi connectivity index (χ0v) is 14.5. The third-order valence-electron chi connectivity index (χ3n) is 3.62. The van der Waals surface area contributed by atoms with Gasteiger partial charge in [-0.15, -0.1) is 11.3 Å². The highest BCUT2D eigenvalue weighted by atomic mass is 79.9. The Kier molecular flexibility index (Phi) is 4.42. The van der Waals surface area contributed by atoms with Crippen LogP contribution in [0.2, 0.25) is 0 Å². The highest BCUT2D eigenvalue weighted by Gasteiger charge is 2.16. The largest absolute Gasteiger partial charge is 0.310 e. The molecule has 0 saturated carbocycles. The number of thiazole rings is 1. The van der Waals surface area contributed by atoms with Crippen molar-refractivity contribution in [1.29, 1.82) is 0 Å². The Morgan fingerprint density at radius 2 is 2.29 bits per heavy atom. The molecule has 1 N–H and O–H groups in total. The Morgan fingerprint density at radius 1 is 1.43 bits per heavy atom. The number of imidazole rings is 1. The van der Waals surface area contributed by atoms with E-state index in [9.17, 15) is 0 Å². The summed E-state index contributed by atoms with van der Waals surface area (Å²) < 4.78 is 3.22. The number of likely N-dealkylation sites (N-methyl/N-ethyl adjacent to an activating group) is 1. The second-order valence-corrected chi connectivity index (χ2v) is 6.93. The zero-order chi connectivity index (χ0) is 14.8. The van der Waals surface area contributed by atoms with Gasteiger partial charge in [0.15, 0.2) is 4.96 Å². The van der Waals surface area contributed by atoms with Gasteiger partial charge in [-0.05, 0) is 36.7 Å². The topological polar surface area (TPSA) is 29.3 Å². The van der Waals surface area contributed by atoms with Crippen LogP contribution in [0, 0.1) is 6.92 Å². The van der Waals surface area contributed by atoms with Gasteiger partial charge < -0.3 is 5.32 Å². The summed E-state index contributed by atoms with van der Waals surface area (Å²) >= 11 is 5.25. The lowest BCUT2D eigenvalue weighted by molar-refractivity contribution is 0.542. The number of nitrogens with zero attached hydrogens (tertiary/aromatic N) is 2. The molecular weight excluding hydrogens is 346 g/mol. The lowest BCUT2D eigenvalue weighted by Crippen LogP contribution is -2.24. The SMILES string of the molecule is CCNC(Cc1cn2ccsc2n1)c1cc(Br)ccc1C. The summed E-state index contributed by atoms with van der Waals surface area (Å²) in [6, 6.07) is 6.75. The normalized spacial score (nSPS) is 12.9. The van der Waals surface area contributed by atoms with Crippen LogP contribution in [-0.2, 0) is 6.42 Å². The lowest BCUT2D eigenvalue weighted by atomic mass is 9.97. The minimum Gasteiger partial charge on any atom is -0.310 e. The van der Waals surface area contributed by atoms with E-state index in [1.54, 1.807) is 11.3 Å². The van der Waals surface area contributed by atoms with Crippen LogP contribution in [0.3, 0.4) is 0 Å². The van der Waals surface area contributed by atoms with E-state index in [2.05, 4.69) is 75.5 Å². The molecule has 110 valence electrons. The van der Waals surface area contributed by atoms with Gasteiger partial charge in [0.1, 0.15) is 0 Å². The predicted molar refractivity (Wildman–Crippen MR) is 92.1 cm³/mol. The van der Waals surface area contributed by atoms with Crippen LogP contribution < -0.4 is 5.32 Å². The van der Waals surface area contributed by atoms with Gasteiger partial charge in [0.25, 0.3) is 0 Å². The van der Waals surface area contributed by atoms with Gasteiger partial charge in [-0.1, -0.05) is 28.9 Å². The molecule has 0 aliphatic rings. The Bertz CT molecular complexity index is 718. The molecule has 3 nitrogen and oxygen atoms in total. The van der Waals surface area contributed by atoms with Gasteiger partial charge in [-0.3, -0.25) is 4.40 Å². The standard InChI is InChI=1S/C16H18BrN3S/c1-3-18-15(14-8-12(17)5-4-11(14)2)9-13-10-20-6-7-21-16(20)19-13/h4-8,10,15,18H,3,9H2,1-2H3. The minimum absolute atomic E-state index is 0.289. The first-order valence-electron chi connectivity index (χ1n) is 7.08. The maximum atomic E-state index is 4.70. The molecule has 1 atom stereocenters. The van der Waals surface area contributed by atoms with E-state index in [1.165, 1.54) is 11.1 Å². The zero-order valence-electron chi connectivity index (χ0n) is 12.1. The van der Waals surface area contributed by atoms with E-state index >= 15 is 0 Å². The number of fused-ring (bicyclic) bond motifs is 1. The number of aryl methyl sites for hydroxylation is 1.